The van der Waals surface area contributed by atoms with E-state index in [-0.39, 0.29) is 24.4 Å². The van der Waals surface area contributed by atoms with Crippen LogP contribution in [0.5, 0.6) is 17.2 Å². The van der Waals surface area contributed by atoms with Gasteiger partial charge < -0.3 is 23.8 Å². The molecule has 0 amide bonds. The molecular formula is C34H48NO5+. The van der Waals surface area contributed by atoms with Crippen molar-refractivity contribution in [3.8, 4) is 17.2 Å². The quantitative estimate of drug-likeness (QED) is 0.466. The van der Waals surface area contributed by atoms with Gasteiger partial charge in [0.2, 0.25) is 12.5 Å². The number of aliphatic hydroxyl groups is 1. The third-order valence-corrected chi connectivity index (χ3v) is 13.0. The minimum atomic E-state index is -0.104. The van der Waals surface area contributed by atoms with Gasteiger partial charge in [-0.1, -0.05) is 19.9 Å². The Morgan fingerprint density at radius 3 is 2.75 bits per heavy atom. The van der Waals surface area contributed by atoms with Crippen molar-refractivity contribution in [3.05, 3.63) is 28.8 Å². The lowest BCUT2D eigenvalue weighted by atomic mass is 9.44. The second-order valence-corrected chi connectivity index (χ2v) is 15.0. The van der Waals surface area contributed by atoms with Crippen molar-refractivity contribution in [1.82, 2.24) is 0 Å². The number of ether oxygens (including phenoxy) is 3. The molecule has 2 heterocycles. The summed E-state index contributed by atoms with van der Waals surface area (Å²) in [4.78, 5) is 14.4. The van der Waals surface area contributed by atoms with Gasteiger partial charge in [0.05, 0.1) is 45.8 Å². The van der Waals surface area contributed by atoms with Gasteiger partial charge in [0, 0.05) is 6.42 Å². The molecule has 0 spiro atoms. The van der Waals surface area contributed by atoms with E-state index in [9.17, 15) is 9.90 Å². The number of quaternary nitrogens is 1. The van der Waals surface area contributed by atoms with Crippen LogP contribution in [0.25, 0.3) is 0 Å². The number of hydrogen-bond donors (Lipinski definition) is 1. The molecule has 3 fully saturated rings. The lowest BCUT2D eigenvalue weighted by Gasteiger charge is -2.60. The van der Waals surface area contributed by atoms with Gasteiger partial charge in [-0.2, -0.15) is 0 Å². The molecule has 1 aromatic rings. The standard InChI is InChI=1S/C34H48NO5/c1-33-13-10-22(36)17-21(33)6-7-23-24-8-9-26(34(24,2)14-11-25(23)33)28(37)18-27-30-20(12-15-35(27,3)4)16-29-31(32(30)38-5)40-19-39-29/h9,16,21-25,27,36H,6-8,10-15,17-19H2,1-5H3/q+1/t21-,22+,23-,24-,25-,27-,33-,34+/m0/s1. The minimum Gasteiger partial charge on any atom is -0.492 e. The second-order valence-electron chi connectivity index (χ2n) is 15.0. The van der Waals surface area contributed by atoms with Crippen molar-refractivity contribution in [2.24, 2.45) is 34.5 Å². The number of carbonyl (C=O) groups excluding carboxylic acids is 1. The van der Waals surface area contributed by atoms with Gasteiger partial charge >= 0.3 is 0 Å². The van der Waals surface area contributed by atoms with Crippen LogP contribution in [0.1, 0.15) is 88.8 Å². The van der Waals surface area contributed by atoms with Crippen molar-refractivity contribution in [3.63, 3.8) is 0 Å². The molecular weight excluding hydrogens is 502 g/mol. The molecule has 0 saturated heterocycles. The number of Topliss-reactive ketones (excluding diaryl/α,β-unsaturated/α-hetero) is 1. The second kappa shape index (κ2) is 9.22. The largest absolute Gasteiger partial charge is 0.492 e. The van der Waals surface area contributed by atoms with Crippen molar-refractivity contribution >= 4 is 5.78 Å². The predicted molar refractivity (Wildman–Crippen MR) is 153 cm³/mol. The summed E-state index contributed by atoms with van der Waals surface area (Å²) in [6.07, 6.45) is 12.7. The molecule has 6 aliphatic rings. The van der Waals surface area contributed by atoms with Crippen LogP contribution in [-0.4, -0.2) is 56.0 Å². The van der Waals surface area contributed by atoms with Crippen LogP contribution >= 0.6 is 0 Å². The number of benzene rings is 1. The van der Waals surface area contributed by atoms with Crippen molar-refractivity contribution in [1.29, 1.82) is 0 Å². The van der Waals surface area contributed by atoms with Crippen molar-refractivity contribution in [2.75, 3.05) is 34.5 Å². The van der Waals surface area contributed by atoms with Gasteiger partial charge in [0.1, 0.15) is 6.04 Å². The zero-order valence-corrected chi connectivity index (χ0v) is 25.1. The first-order chi connectivity index (χ1) is 19.1. The summed E-state index contributed by atoms with van der Waals surface area (Å²) in [6, 6.07) is 2.13. The lowest BCUT2D eigenvalue weighted by molar-refractivity contribution is -0.922. The maximum absolute atomic E-state index is 14.4. The van der Waals surface area contributed by atoms with E-state index in [0.717, 1.165) is 78.1 Å². The van der Waals surface area contributed by atoms with Gasteiger partial charge in [-0.3, -0.25) is 4.79 Å². The molecule has 0 aromatic heterocycles. The highest BCUT2D eigenvalue weighted by Gasteiger charge is 2.59. The van der Waals surface area contributed by atoms with E-state index in [1.165, 1.54) is 24.8 Å². The highest BCUT2D eigenvalue weighted by Crippen LogP contribution is 2.66. The molecule has 218 valence electrons. The van der Waals surface area contributed by atoms with Gasteiger partial charge in [0.15, 0.2) is 17.3 Å². The molecule has 1 aromatic carbocycles. The van der Waals surface area contributed by atoms with Crippen molar-refractivity contribution < 1.29 is 28.6 Å². The Labute approximate surface area is 239 Å². The maximum Gasteiger partial charge on any atom is 0.231 e. The summed E-state index contributed by atoms with van der Waals surface area (Å²) in [5.74, 6) is 5.18. The third-order valence-electron chi connectivity index (χ3n) is 13.0. The average Bonchev–Trinajstić information content (AvgIpc) is 3.53. The number of carbonyl (C=O) groups is 1. The topological polar surface area (TPSA) is 65.0 Å². The molecule has 3 saturated carbocycles. The molecule has 0 radical (unpaired) electrons. The zero-order chi connectivity index (χ0) is 28.0. The lowest BCUT2D eigenvalue weighted by Crippen LogP contribution is -2.54. The van der Waals surface area contributed by atoms with E-state index in [0.29, 0.717) is 41.1 Å². The summed E-state index contributed by atoms with van der Waals surface area (Å²) >= 11 is 0. The molecule has 6 nitrogen and oxygen atoms in total. The monoisotopic (exact) mass is 550 g/mol. The number of methoxy groups -OCH3 is 1. The third kappa shape index (κ3) is 3.77. The van der Waals surface area contributed by atoms with Crippen LogP contribution in [0, 0.1) is 34.5 Å². The fraction of sp³-hybridized carbons (Fsp3) is 0.735. The summed E-state index contributed by atoms with van der Waals surface area (Å²) in [7, 11) is 6.21. The summed E-state index contributed by atoms with van der Waals surface area (Å²) in [5, 5.41) is 10.4. The van der Waals surface area contributed by atoms with Crippen LogP contribution in [0.3, 0.4) is 0 Å². The van der Waals surface area contributed by atoms with Crippen LogP contribution in [0.4, 0.5) is 0 Å². The Bertz CT molecular complexity index is 1250. The van der Waals surface area contributed by atoms with Crippen LogP contribution in [0.15, 0.2) is 17.7 Å². The fourth-order valence-electron chi connectivity index (χ4n) is 10.6. The van der Waals surface area contributed by atoms with E-state index < -0.39 is 0 Å². The summed E-state index contributed by atoms with van der Waals surface area (Å²) < 4.78 is 18.3. The van der Waals surface area contributed by atoms with E-state index >= 15 is 0 Å². The molecule has 1 N–H and O–H groups in total. The maximum atomic E-state index is 14.4. The Kier molecular flexibility index (Phi) is 6.19. The predicted octanol–water partition coefficient (Wildman–Crippen LogP) is 6.00. The molecule has 4 aliphatic carbocycles. The Morgan fingerprint density at radius 1 is 1.12 bits per heavy atom. The average molecular weight is 551 g/mol. The first-order valence-corrected chi connectivity index (χ1v) is 15.8. The van der Waals surface area contributed by atoms with E-state index in [1.807, 2.05) is 0 Å². The highest BCUT2D eigenvalue weighted by molar-refractivity contribution is 5.97. The molecule has 7 rings (SSSR count). The smallest absolute Gasteiger partial charge is 0.231 e. The number of ketones is 1. The number of hydrogen-bond acceptors (Lipinski definition) is 5. The Balaban J connectivity index is 1.16. The van der Waals surface area contributed by atoms with Gasteiger partial charge in [0.25, 0.3) is 0 Å². The number of allylic oxidation sites excluding steroid dienone is 2. The van der Waals surface area contributed by atoms with Gasteiger partial charge in [-0.15, -0.1) is 0 Å². The zero-order valence-electron chi connectivity index (χ0n) is 25.1. The van der Waals surface area contributed by atoms with Gasteiger partial charge in [-0.25, -0.2) is 0 Å². The first kappa shape index (κ1) is 26.8. The van der Waals surface area contributed by atoms with Crippen LogP contribution in [0.2, 0.25) is 0 Å². The summed E-state index contributed by atoms with van der Waals surface area (Å²) in [6.45, 7) is 6.14. The van der Waals surface area contributed by atoms with E-state index in [1.54, 1.807) is 7.11 Å². The van der Waals surface area contributed by atoms with Gasteiger partial charge in [-0.05, 0) is 103 Å². The SMILES string of the molecule is COc1c2c(cc3c1[C@H](CC(=O)C1=CC[C@H]4[C@@H]5CC[C@H]6C[C@H](O)CC[C@]6(C)[C@H]5CC[C@@]14C)[N+](C)(C)CC3)OCO2. The molecule has 0 unspecified atom stereocenters. The Hall–Kier alpha value is -2.05. The number of likely N-dealkylation sites (N-methyl/N-ethyl adjacent to an activating group) is 1. The molecule has 8 atom stereocenters. The molecule has 6 heteroatoms. The molecule has 2 aliphatic heterocycles. The first-order valence-electron chi connectivity index (χ1n) is 15.8. The molecule has 40 heavy (non-hydrogen) atoms. The normalized spacial score (nSPS) is 40.8. The number of aliphatic hydroxyl groups excluding tert-OH is 1. The van der Waals surface area contributed by atoms with E-state index in [4.69, 9.17) is 14.2 Å². The number of rotatable bonds is 4. The van der Waals surface area contributed by atoms with Crippen LogP contribution in [-0.2, 0) is 11.2 Å². The van der Waals surface area contributed by atoms with E-state index in [2.05, 4.69) is 40.1 Å². The number of nitrogens with zero attached hydrogens (tertiary/aromatic N) is 1. The fourth-order valence-corrected chi connectivity index (χ4v) is 10.6. The van der Waals surface area contributed by atoms with Crippen LogP contribution < -0.4 is 14.2 Å². The Morgan fingerprint density at radius 2 is 1.95 bits per heavy atom. The highest BCUT2D eigenvalue weighted by atomic mass is 16.7. The molecule has 0 bridgehead atoms. The number of fused-ring (bicyclic) bond motifs is 7. The minimum absolute atomic E-state index is 0.0172. The van der Waals surface area contributed by atoms with Crippen molar-refractivity contribution in [2.45, 2.75) is 90.2 Å². The summed E-state index contributed by atoms with van der Waals surface area (Å²) in [5.41, 5.74) is 3.79.